The highest BCUT2D eigenvalue weighted by atomic mass is 16.7. The molecule has 2 heterocycles. The summed E-state index contributed by atoms with van der Waals surface area (Å²) in [4.78, 5) is 27.9. The number of aliphatic hydroxyl groups excluding tert-OH is 1. The van der Waals surface area contributed by atoms with Crippen LogP contribution in [0.2, 0.25) is 0 Å². The lowest BCUT2D eigenvalue weighted by atomic mass is 10.00. The zero-order chi connectivity index (χ0) is 27.9. The second kappa shape index (κ2) is 12.8. The third-order valence-electron chi connectivity index (χ3n) is 6.94. The minimum atomic E-state index is -0.627. The molecule has 0 aliphatic carbocycles. The summed E-state index contributed by atoms with van der Waals surface area (Å²) in [6.07, 6.45) is 2.02. The molecule has 0 saturated carbocycles. The van der Waals surface area contributed by atoms with Crippen molar-refractivity contribution in [2.75, 3.05) is 5.32 Å². The number of nitrogens with one attached hydrogen (secondary N) is 2. The van der Waals surface area contributed by atoms with Gasteiger partial charge in [0.2, 0.25) is 11.8 Å². The molecule has 10 nitrogen and oxygen atoms in total. The Morgan fingerprint density at radius 1 is 0.925 bits per heavy atom. The number of carbonyl (C=O) groups excluding carboxylic acids is 2. The maximum absolute atomic E-state index is 12.2. The van der Waals surface area contributed by atoms with E-state index in [0.717, 1.165) is 27.7 Å². The Hall–Kier alpha value is -4.09. The molecule has 4 N–H and O–H groups in total. The zero-order valence-corrected chi connectivity index (χ0v) is 21.9. The number of benzene rings is 3. The molecule has 10 heteroatoms. The molecule has 1 saturated heterocycles. The highest BCUT2D eigenvalue weighted by molar-refractivity contribution is 5.91. The normalized spacial score (nSPS) is 18.9. The van der Waals surface area contributed by atoms with Crippen molar-refractivity contribution in [1.82, 2.24) is 15.0 Å². The second-order valence-electron chi connectivity index (χ2n) is 9.79. The Labute approximate surface area is 231 Å². The molecule has 0 unspecified atom stereocenters. The number of ether oxygens (including phenoxy) is 2. The van der Waals surface area contributed by atoms with Gasteiger partial charge in [0.1, 0.15) is 0 Å². The van der Waals surface area contributed by atoms with Crippen molar-refractivity contribution >= 4 is 28.5 Å². The Morgan fingerprint density at radius 3 is 2.40 bits per heavy atom. The van der Waals surface area contributed by atoms with Crippen LogP contribution in [0, 0.1) is 0 Å². The SMILES string of the molecule is O=C(CCCC(=O)Nc1ccc([C@@H]2O[C@H](Cn3cnc4ccccc43)C[C@H](c3ccc(CO)cc3)O2)cc1)NO. The summed E-state index contributed by atoms with van der Waals surface area (Å²) in [5, 5.41) is 20.8. The average Bonchev–Trinajstić information content (AvgIpc) is 3.40. The number of nitrogens with zero attached hydrogens (tertiary/aromatic N) is 2. The summed E-state index contributed by atoms with van der Waals surface area (Å²) in [5.41, 5.74) is 6.80. The van der Waals surface area contributed by atoms with Gasteiger partial charge in [-0.2, -0.15) is 0 Å². The van der Waals surface area contributed by atoms with Crippen molar-refractivity contribution in [1.29, 1.82) is 0 Å². The number of rotatable bonds is 10. The van der Waals surface area contributed by atoms with E-state index in [-0.39, 0.29) is 37.6 Å². The number of hydroxylamine groups is 1. The van der Waals surface area contributed by atoms with Crippen LogP contribution in [-0.4, -0.2) is 37.8 Å². The first-order valence-electron chi connectivity index (χ1n) is 13.3. The molecular formula is C30H32N4O6. The molecule has 4 aromatic rings. The number of imidazole rings is 1. The van der Waals surface area contributed by atoms with Gasteiger partial charge in [0.25, 0.3) is 0 Å². The van der Waals surface area contributed by atoms with Crippen molar-refractivity contribution in [3.63, 3.8) is 0 Å². The largest absolute Gasteiger partial charge is 0.392 e. The number of aliphatic hydroxyl groups is 1. The molecule has 1 aliphatic rings. The third-order valence-corrected chi connectivity index (χ3v) is 6.94. The van der Waals surface area contributed by atoms with Crippen LogP contribution in [-0.2, 0) is 32.2 Å². The van der Waals surface area contributed by atoms with E-state index in [1.165, 1.54) is 0 Å². The molecule has 0 spiro atoms. The molecule has 1 fully saturated rings. The van der Waals surface area contributed by atoms with Gasteiger partial charge in [0.15, 0.2) is 6.29 Å². The van der Waals surface area contributed by atoms with Gasteiger partial charge < -0.3 is 24.5 Å². The van der Waals surface area contributed by atoms with Crippen LogP contribution in [0.3, 0.4) is 0 Å². The summed E-state index contributed by atoms with van der Waals surface area (Å²) in [7, 11) is 0. The number of amides is 2. The Bertz CT molecular complexity index is 1440. The van der Waals surface area contributed by atoms with E-state index in [1.54, 1.807) is 17.6 Å². The van der Waals surface area contributed by atoms with Crippen LogP contribution in [0.1, 0.15) is 54.8 Å². The van der Waals surface area contributed by atoms with E-state index in [9.17, 15) is 14.7 Å². The lowest BCUT2D eigenvalue weighted by molar-refractivity contribution is -0.252. The number of fused-ring (bicyclic) bond motifs is 1. The minimum absolute atomic E-state index is 0.0191. The minimum Gasteiger partial charge on any atom is -0.392 e. The molecule has 2 amide bonds. The first-order valence-corrected chi connectivity index (χ1v) is 13.3. The number of para-hydroxylation sites is 2. The molecule has 1 aromatic heterocycles. The number of aromatic nitrogens is 2. The Morgan fingerprint density at radius 2 is 1.65 bits per heavy atom. The van der Waals surface area contributed by atoms with Gasteiger partial charge >= 0.3 is 0 Å². The van der Waals surface area contributed by atoms with Gasteiger partial charge in [-0.1, -0.05) is 48.5 Å². The van der Waals surface area contributed by atoms with Gasteiger partial charge in [-0.15, -0.1) is 0 Å². The molecule has 208 valence electrons. The standard InChI is InChI=1S/C30H32N4O6/c35-18-20-8-10-21(11-9-20)27-16-24(17-34-19-31-25-4-1-2-5-26(25)34)39-30(40-27)22-12-14-23(15-13-22)32-28(36)6-3-7-29(37)33-38/h1-2,4-5,8-15,19,24,27,30,35,38H,3,6-7,16-18H2,(H,32,36)(H,33,37)/t24-,27+,30+/m0/s1. The lowest BCUT2D eigenvalue weighted by Crippen LogP contribution is -2.32. The van der Waals surface area contributed by atoms with E-state index in [0.29, 0.717) is 25.1 Å². The van der Waals surface area contributed by atoms with E-state index in [4.69, 9.17) is 14.7 Å². The van der Waals surface area contributed by atoms with Crippen LogP contribution in [0.15, 0.2) is 79.1 Å². The number of hydrogen-bond donors (Lipinski definition) is 4. The summed E-state index contributed by atoms with van der Waals surface area (Å²) >= 11 is 0. The van der Waals surface area contributed by atoms with E-state index >= 15 is 0 Å². The van der Waals surface area contributed by atoms with E-state index in [1.807, 2.05) is 67.0 Å². The number of anilines is 1. The van der Waals surface area contributed by atoms with Crippen LogP contribution in [0.4, 0.5) is 5.69 Å². The summed E-state index contributed by atoms with van der Waals surface area (Å²) < 4.78 is 15.0. The monoisotopic (exact) mass is 544 g/mol. The first-order chi connectivity index (χ1) is 19.5. The Balaban J connectivity index is 1.30. The van der Waals surface area contributed by atoms with Gasteiger partial charge in [0, 0.05) is 30.5 Å². The second-order valence-corrected chi connectivity index (χ2v) is 9.79. The fourth-order valence-electron chi connectivity index (χ4n) is 4.82. The molecule has 0 bridgehead atoms. The van der Waals surface area contributed by atoms with Gasteiger partial charge in [-0.05, 0) is 41.8 Å². The predicted octanol–water partition coefficient (Wildman–Crippen LogP) is 4.39. The van der Waals surface area contributed by atoms with Gasteiger partial charge in [-0.25, -0.2) is 10.5 Å². The lowest BCUT2D eigenvalue weighted by Gasteiger charge is -2.36. The third kappa shape index (κ3) is 6.72. The van der Waals surface area contributed by atoms with Gasteiger partial charge in [-0.3, -0.25) is 14.8 Å². The molecule has 0 radical (unpaired) electrons. The molecule has 3 atom stereocenters. The summed E-state index contributed by atoms with van der Waals surface area (Å²) in [6.45, 7) is 0.586. The highest BCUT2D eigenvalue weighted by Gasteiger charge is 2.32. The fraction of sp³-hybridized carbons (Fsp3) is 0.300. The van der Waals surface area contributed by atoms with Crippen LogP contribution < -0.4 is 10.8 Å². The molecule has 5 rings (SSSR count). The first kappa shape index (κ1) is 27.5. The molecule has 40 heavy (non-hydrogen) atoms. The van der Waals surface area contributed by atoms with E-state index < -0.39 is 12.2 Å². The molecule has 3 aromatic carbocycles. The van der Waals surface area contributed by atoms with E-state index in [2.05, 4.69) is 14.9 Å². The molecular weight excluding hydrogens is 512 g/mol. The number of hydrogen-bond acceptors (Lipinski definition) is 7. The van der Waals surface area contributed by atoms with Crippen molar-refractivity contribution < 1.29 is 29.4 Å². The average molecular weight is 545 g/mol. The maximum atomic E-state index is 12.2. The predicted molar refractivity (Wildman–Crippen MR) is 147 cm³/mol. The summed E-state index contributed by atoms with van der Waals surface area (Å²) in [5.74, 6) is -0.741. The number of carbonyl (C=O) groups is 2. The topological polar surface area (TPSA) is 135 Å². The van der Waals surface area contributed by atoms with Crippen molar-refractivity contribution in [2.45, 2.75) is 57.3 Å². The van der Waals surface area contributed by atoms with Gasteiger partial charge in [0.05, 0.1) is 42.7 Å². The van der Waals surface area contributed by atoms with Crippen LogP contribution in [0.5, 0.6) is 0 Å². The summed E-state index contributed by atoms with van der Waals surface area (Å²) in [6, 6.07) is 23.0. The van der Waals surface area contributed by atoms with Crippen LogP contribution >= 0.6 is 0 Å². The van der Waals surface area contributed by atoms with Crippen molar-refractivity contribution in [3.8, 4) is 0 Å². The van der Waals surface area contributed by atoms with Crippen molar-refractivity contribution in [3.05, 3.63) is 95.8 Å². The quantitative estimate of drug-likeness (QED) is 0.172. The highest BCUT2D eigenvalue weighted by Crippen LogP contribution is 2.38. The maximum Gasteiger partial charge on any atom is 0.243 e. The zero-order valence-electron chi connectivity index (χ0n) is 21.9. The smallest absolute Gasteiger partial charge is 0.243 e. The fourth-order valence-corrected chi connectivity index (χ4v) is 4.82. The Kier molecular flexibility index (Phi) is 8.82. The van der Waals surface area contributed by atoms with Crippen molar-refractivity contribution in [2.24, 2.45) is 0 Å². The molecule has 1 aliphatic heterocycles. The van der Waals surface area contributed by atoms with Crippen LogP contribution in [0.25, 0.3) is 11.0 Å².